The van der Waals surface area contributed by atoms with Crippen molar-refractivity contribution in [3.05, 3.63) is 64.7 Å². The van der Waals surface area contributed by atoms with Gasteiger partial charge >= 0.3 is 0 Å². The first-order chi connectivity index (χ1) is 14.0. The highest BCUT2D eigenvalue weighted by Crippen LogP contribution is 2.40. The monoisotopic (exact) mass is 402 g/mol. The van der Waals surface area contributed by atoms with Crippen LogP contribution in [0.2, 0.25) is 0 Å². The summed E-state index contributed by atoms with van der Waals surface area (Å²) in [7, 11) is 0. The third-order valence-corrected chi connectivity index (χ3v) is 5.68. The van der Waals surface area contributed by atoms with Gasteiger partial charge in [-0.1, -0.05) is 37.3 Å². The highest BCUT2D eigenvalue weighted by Gasteiger charge is 2.44. The quantitative estimate of drug-likeness (QED) is 0.609. The molecular weight excluding hydrogens is 376 g/mol. The predicted molar refractivity (Wildman–Crippen MR) is 103 cm³/mol. The number of ether oxygens (including phenoxy) is 3. The first-order valence-electron chi connectivity index (χ1n) is 9.81. The van der Waals surface area contributed by atoms with E-state index in [-0.39, 0.29) is 12.9 Å². The van der Waals surface area contributed by atoms with Crippen LogP contribution in [0.15, 0.2) is 42.5 Å². The van der Waals surface area contributed by atoms with Crippen molar-refractivity contribution >= 4 is 0 Å². The molecule has 0 amide bonds. The third kappa shape index (κ3) is 3.77. The van der Waals surface area contributed by atoms with E-state index >= 15 is 0 Å². The fourth-order valence-electron chi connectivity index (χ4n) is 3.92. The van der Waals surface area contributed by atoms with Crippen molar-refractivity contribution in [1.29, 1.82) is 0 Å². The van der Waals surface area contributed by atoms with Gasteiger partial charge in [0.1, 0.15) is 42.4 Å². The van der Waals surface area contributed by atoms with Crippen molar-refractivity contribution in [3.8, 4) is 5.75 Å². The minimum Gasteiger partial charge on any atom is -0.467 e. The molecule has 6 atom stereocenters. The molecule has 0 aromatic heterocycles. The average molecular weight is 402 g/mol. The fraction of sp³-hybridized carbons (Fsp3) is 0.455. The van der Waals surface area contributed by atoms with E-state index in [0.717, 1.165) is 17.5 Å². The van der Waals surface area contributed by atoms with Crippen LogP contribution in [0, 0.1) is 0 Å². The molecule has 0 saturated carbocycles. The molecule has 4 rings (SSSR count). The lowest BCUT2D eigenvalue weighted by Crippen LogP contribution is -2.55. The highest BCUT2D eigenvalue weighted by molar-refractivity contribution is 5.45. The Morgan fingerprint density at radius 3 is 2.34 bits per heavy atom. The zero-order valence-corrected chi connectivity index (χ0v) is 16.1. The van der Waals surface area contributed by atoms with Gasteiger partial charge < -0.3 is 34.6 Å². The van der Waals surface area contributed by atoms with Gasteiger partial charge in [-0.2, -0.15) is 0 Å². The molecule has 156 valence electrons. The molecule has 2 aliphatic heterocycles. The molecule has 0 bridgehead atoms. The Balaban J connectivity index is 1.67. The van der Waals surface area contributed by atoms with E-state index in [1.807, 2.05) is 18.2 Å². The minimum absolute atomic E-state index is 0.132. The number of aryl methyl sites for hydroxylation is 1. The van der Waals surface area contributed by atoms with Crippen molar-refractivity contribution in [2.75, 3.05) is 13.4 Å². The minimum atomic E-state index is -1.42. The average Bonchev–Trinajstić information content (AvgIpc) is 2.77. The fourth-order valence-corrected chi connectivity index (χ4v) is 3.92. The second-order valence-corrected chi connectivity index (χ2v) is 7.45. The first kappa shape index (κ1) is 20.3. The van der Waals surface area contributed by atoms with Gasteiger partial charge in [-0.15, -0.1) is 0 Å². The summed E-state index contributed by atoms with van der Waals surface area (Å²) in [6.45, 7) is 1.76. The second kappa shape index (κ2) is 8.39. The number of hydrogen-bond donors (Lipinski definition) is 4. The summed E-state index contributed by atoms with van der Waals surface area (Å²) in [5, 5.41) is 40.0. The molecule has 7 heteroatoms. The van der Waals surface area contributed by atoms with E-state index in [1.54, 1.807) is 12.1 Å². The second-order valence-electron chi connectivity index (χ2n) is 7.45. The normalized spacial score (nSPS) is 31.8. The topological polar surface area (TPSA) is 109 Å². The van der Waals surface area contributed by atoms with Gasteiger partial charge in [0.2, 0.25) is 0 Å². The summed E-state index contributed by atoms with van der Waals surface area (Å²) in [5.74, 6) is 0.675. The Morgan fingerprint density at radius 2 is 1.66 bits per heavy atom. The molecule has 2 aliphatic rings. The summed E-state index contributed by atoms with van der Waals surface area (Å²) in [6, 6.07) is 13.5. The lowest BCUT2D eigenvalue weighted by atomic mass is 9.89. The van der Waals surface area contributed by atoms with Gasteiger partial charge in [0.05, 0.1) is 6.61 Å². The molecule has 2 aromatic rings. The molecule has 4 N–H and O–H groups in total. The standard InChI is InChI=1S/C22H26O7/c1-2-12-3-5-13(6-4-12)21-15-9-14(7-8-16(15)27-11-28-21)22-20(26)19(25)18(24)17(10-23)29-22/h3-9,17-26H,2,10-11H2,1H3/t17?,18?,19?,20?,21-,22?/m0/s1. The molecule has 0 spiro atoms. The zero-order chi connectivity index (χ0) is 20.5. The van der Waals surface area contributed by atoms with Gasteiger partial charge in [0, 0.05) is 5.56 Å². The van der Waals surface area contributed by atoms with Gasteiger partial charge in [-0.05, 0) is 35.2 Å². The maximum atomic E-state index is 10.4. The molecule has 1 fully saturated rings. The van der Waals surface area contributed by atoms with E-state index in [2.05, 4.69) is 19.1 Å². The summed E-state index contributed by atoms with van der Waals surface area (Å²) in [4.78, 5) is 0. The number of benzene rings is 2. The predicted octanol–water partition coefficient (Wildman–Crippen LogP) is 1.22. The number of aliphatic hydroxyl groups excluding tert-OH is 4. The Hall–Kier alpha value is -2.00. The van der Waals surface area contributed by atoms with Crippen LogP contribution in [0.1, 0.15) is 41.4 Å². The van der Waals surface area contributed by atoms with Crippen LogP contribution in [-0.4, -0.2) is 58.2 Å². The molecular formula is C22H26O7. The maximum absolute atomic E-state index is 10.4. The molecule has 5 unspecified atom stereocenters. The van der Waals surface area contributed by atoms with Crippen molar-refractivity contribution in [3.63, 3.8) is 0 Å². The van der Waals surface area contributed by atoms with Crippen molar-refractivity contribution in [2.45, 2.75) is 50.0 Å². The van der Waals surface area contributed by atoms with Gasteiger partial charge in [-0.3, -0.25) is 0 Å². The summed E-state index contributed by atoms with van der Waals surface area (Å²) < 4.78 is 17.2. The molecule has 2 aromatic carbocycles. The number of aliphatic hydroxyl groups is 4. The van der Waals surface area contributed by atoms with Crippen LogP contribution in [0.3, 0.4) is 0 Å². The van der Waals surface area contributed by atoms with Crippen LogP contribution in [0.25, 0.3) is 0 Å². The molecule has 0 radical (unpaired) electrons. The lowest BCUT2D eigenvalue weighted by molar-refractivity contribution is -0.231. The van der Waals surface area contributed by atoms with E-state index in [0.29, 0.717) is 11.3 Å². The van der Waals surface area contributed by atoms with Gasteiger partial charge in [0.15, 0.2) is 6.79 Å². The lowest BCUT2D eigenvalue weighted by Gasteiger charge is -2.40. The Labute approximate surface area is 169 Å². The molecule has 29 heavy (non-hydrogen) atoms. The van der Waals surface area contributed by atoms with Crippen LogP contribution >= 0.6 is 0 Å². The SMILES string of the molecule is CCc1ccc([C@@H]2OCOc3ccc(C4OC(CO)C(O)C(O)C4O)cc32)cc1. The van der Waals surface area contributed by atoms with Crippen LogP contribution < -0.4 is 4.74 Å². The summed E-state index contributed by atoms with van der Waals surface area (Å²) in [5.41, 5.74) is 3.61. The van der Waals surface area contributed by atoms with E-state index in [1.165, 1.54) is 5.56 Å². The van der Waals surface area contributed by atoms with Crippen LogP contribution in [0.4, 0.5) is 0 Å². The first-order valence-corrected chi connectivity index (χ1v) is 9.81. The van der Waals surface area contributed by atoms with Crippen molar-refractivity contribution in [1.82, 2.24) is 0 Å². The van der Waals surface area contributed by atoms with Gasteiger partial charge in [0.25, 0.3) is 0 Å². The largest absolute Gasteiger partial charge is 0.467 e. The van der Waals surface area contributed by atoms with Crippen LogP contribution in [-0.2, 0) is 15.9 Å². The van der Waals surface area contributed by atoms with Gasteiger partial charge in [-0.25, -0.2) is 0 Å². The van der Waals surface area contributed by atoms with Crippen molar-refractivity contribution < 1.29 is 34.6 Å². The Bertz CT molecular complexity index is 836. The number of fused-ring (bicyclic) bond motifs is 1. The summed E-state index contributed by atoms with van der Waals surface area (Å²) in [6.07, 6.45) is -5.40. The Morgan fingerprint density at radius 1 is 0.931 bits per heavy atom. The summed E-state index contributed by atoms with van der Waals surface area (Å²) >= 11 is 0. The number of hydrogen-bond acceptors (Lipinski definition) is 7. The molecule has 0 aliphatic carbocycles. The zero-order valence-electron chi connectivity index (χ0n) is 16.1. The maximum Gasteiger partial charge on any atom is 0.190 e. The number of rotatable bonds is 4. The smallest absolute Gasteiger partial charge is 0.190 e. The van der Waals surface area contributed by atoms with E-state index < -0.39 is 37.1 Å². The molecule has 7 nitrogen and oxygen atoms in total. The third-order valence-electron chi connectivity index (χ3n) is 5.68. The molecule has 2 heterocycles. The van der Waals surface area contributed by atoms with E-state index in [4.69, 9.17) is 14.2 Å². The van der Waals surface area contributed by atoms with E-state index in [9.17, 15) is 20.4 Å². The van der Waals surface area contributed by atoms with Crippen LogP contribution in [0.5, 0.6) is 5.75 Å². The van der Waals surface area contributed by atoms with Crippen molar-refractivity contribution in [2.24, 2.45) is 0 Å². The molecule has 1 saturated heterocycles. The Kier molecular flexibility index (Phi) is 5.87. The highest BCUT2D eigenvalue weighted by atomic mass is 16.7.